The standard InChI is InChI=1S/C21H20N2O2/c24-20(16-23-14-5-4-11-21(23)25)22-19-10-6-9-18(15-19)13-12-17-7-2-1-3-8-17/h1-3,6-10,15H,4-5,11,14,16H2,(H,22,24). The van der Waals surface area contributed by atoms with Crippen molar-refractivity contribution in [1.29, 1.82) is 0 Å². The lowest BCUT2D eigenvalue weighted by Gasteiger charge is -2.25. The van der Waals surface area contributed by atoms with Gasteiger partial charge in [-0.25, -0.2) is 0 Å². The summed E-state index contributed by atoms with van der Waals surface area (Å²) in [5.41, 5.74) is 2.46. The summed E-state index contributed by atoms with van der Waals surface area (Å²) in [7, 11) is 0. The summed E-state index contributed by atoms with van der Waals surface area (Å²) in [6.45, 7) is 0.771. The van der Waals surface area contributed by atoms with Crippen LogP contribution in [0.15, 0.2) is 54.6 Å². The number of rotatable bonds is 3. The molecule has 0 saturated carbocycles. The van der Waals surface area contributed by atoms with E-state index < -0.39 is 0 Å². The molecular weight excluding hydrogens is 312 g/mol. The van der Waals surface area contributed by atoms with Gasteiger partial charge in [0.05, 0.1) is 6.54 Å². The van der Waals surface area contributed by atoms with E-state index in [1.54, 1.807) is 4.90 Å². The Balaban J connectivity index is 1.62. The van der Waals surface area contributed by atoms with Gasteiger partial charge in [0.2, 0.25) is 11.8 Å². The number of hydrogen-bond donors (Lipinski definition) is 1. The molecule has 0 radical (unpaired) electrons. The summed E-state index contributed by atoms with van der Waals surface area (Å²) < 4.78 is 0. The van der Waals surface area contributed by atoms with Gasteiger partial charge in [0.25, 0.3) is 0 Å². The summed E-state index contributed by atoms with van der Waals surface area (Å²) in [6, 6.07) is 17.2. The Morgan fingerprint density at radius 2 is 1.76 bits per heavy atom. The highest BCUT2D eigenvalue weighted by atomic mass is 16.2. The Hall–Kier alpha value is -3.06. The Labute approximate surface area is 147 Å². The SMILES string of the molecule is O=C(CN1CCCCC1=O)Nc1cccc(C#Cc2ccccc2)c1. The maximum absolute atomic E-state index is 12.2. The van der Waals surface area contributed by atoms with Crippen LogP contribution in [0.1, 0.15) is 30.4 Å². The molecule has 1 aliphatic heterocycles. The zero-order valence-electron chi connectivity index (χ0n) is 14.0. The predicted molar refractivity (Wildman–Crippen MR) is 97.9 cm³/mol. The fourth-order valence-corrected chi connectivity index (χ4v) is 2.74. The molecule has 0 aromatic heterocycles. The van der Waals surface area contributed by atoms with Crippen LogP contribution < -0.4 is 5.32 Å². The lowest BCUT2D eigenvalue weighted by molar-refractivity contribution is -0.136. The van der Waals surface area contributed by atoms with Crippen LogP contribution in [-0.4, -0.2) is 29.8 Å². The first-order valence-electron chi connectivity index (χ1n) is 8.45. The third-order valence-electron chi connectivity index (χ3n) is 4.03. The van der Waals surface area contributed by atoms with Crippen molar-refractivity contribution in [2.45, 2.75) is 19.3 Å². The molecule has 0 bridgehead atoms. The van der Waals surface area contributed by atoms with Gasteiger partial charge < -0.3 is 10.2 Å². The average molecular weight is 332 g/mol. The van der Waals surface area contributed by atoms with Crippen molar-refractivity contribution in [1.82, 2.24) is 4.90 Å². The lowest BCUT2D eigenvalue weighted by atomic mass is 10.1. The number of nitrogens with one attached hydrogen (secondary N) is 1. The van der Waals surface area contributed by atoms with E-state index in [1.165, 1.54) is 0 Å². The molecule has 2 aromatic rings. The maximum atomic E-state index is 12.2. The highest BCUT2D eigenvalue weighted by Gasteiger charge is 2.20. The zero-order chi connectivity index (χ0) is 17.5. The molecule has 2 aromatic carbocycles. The van der Waals surface area contributed by atoms with Crippen molar-refractivity contribution in [3.63, 3.8) is 0 Å². The van der Waals surface area contributed by atoms with Gasteiger partial charge in [0.1, 0.15) is 0 Å². The van der Waals surface area contributed by atoms with Gasteiger partial charge >= 0.3 is 0 Å². The van der Waals surface area contributed by atoms with E-state index in [1.807, 2.05) is 54.6 Å². The van der Waals surface area contributed by atoms with E-state index in [-0.39, 0.29) is 18.4 Å². The van der Waals surface area contributed by atoms with Crippen LogP contribution in [0, 0.1) is 11.8 Å². The van der Waals surface area contributed by atoms with Crippen molar-refractivity contribution in [3.05, 3.63) is 65.7 Å². The first-order valence-corrected chi connectivity index (χ1v) is 8.45. The quantitative estimate of drug-likeness (QED) is 0.878. The minimum absolute atomic E-state index is 0.0591. The molecule has 1 saturated heterocycles. The van der Waals surface area contributed by atoms with Crippen LogP contribution in [0.5, 0.6) is 0 Å². The van der Waals surface area contributed by atoms with Gasteiger partial charge in [0.15, 0.2) is 0 Å². The Bertz CT molecular complexity index is 819. The topological polar surface area (TPSA) is 49.4 Å². The van der Waals surface area contributed by atoms with E-state index >= 15 is 0 Å². The third kappa shape index (κ3) is 4.95. The summed E-state index contributed by atoms with van der Waals surface area (Å²) >= 11 is 0. The molecule has 1 N–H and O–H groups in total. The van der Waals surface area contributed by atoms with Gasteiger partial charge in [-0.15, -0.1) is 0 Å². The van der Waals surface area contributed by atoms with Crippen molar-refractivity contribution in [2.24, 2.45) is 0 Å². The minimum Gasteiger partial charge on any atom is -0.333 e. The van der Waals surface area contributed by atoms with Crippen LogP contribution in [0.25, 0.3) is 0 Å². The van der Waals surface area contributed by atoms with Crippen molar-refractivity contribution in [3.8, 4) is 11.8 Å². The van der Waals surface area contributed by atoms with Gasteiger partial charge in [-0.05, 0) is 43.2 Å². The summed E-state index contributed by atoms with van der Waals surface area (Å²) in [5.74, 6) is 6.08. The van der Waals surface area contributed by atoms with E-state index in [2.05, 4.69) is 17.2 Å². The third-order valence-corrected chi connectivity index (χ3v) is 4.03. The fourth-order valence-electron chi connectivity index (χ4n) is 2.74. The predicted octanol–water partition coefficient (Wildman–Crippen LogP) is 3.04. The fraction of sp³-hybridized carbons (Fsp3) is 0.238. The van der Waals surface area contributed by atoms with E-state index in [0.29, 0.717) is 18.7 Å². The second kappa shape index (κ2) is 8.16. The number of likely N-dealkylation sites (tertiary alicyclic amines) is 1. The lowest BCUT2D eigenvalue weighted by Crippen LogP contribution is -2.40. The number of carbonyl (C=O) groups excluding carboxylic acids is 2. The van der Waals surface area contributed by atoms with Gasteiger partial charge in [-0.1, -0.05) is 36.1 Å². The first kappa shape index (κ1) is 16.8. The molecular formula is C21H20N2O2. The second-order valence-electron chi connectivity index (χ2n) is 6.02. The van der Waals surface area contributed by atoms with E-state index in [0.717, 1.165) is 24.0 Å². The molecule has 0 aliphatic carbocycles. The molecule has 2 amide bonds. The molecule has 1 heterocycles. The number of carbonyl (C=O) groups is 2. The van der Waals surface area contributed by atoms with Crippen LogP contribution in [0.4, 0.5) is 5.69 Å². The summed E-state index contributed by atoms with van der Waals surface area (Å²) in [5, 5.41) is 2.85. The van der Waals surface area contributed by atoms with Crippen LogP contribution in [0.2, 0.25) is 0 Å². The normalized spacial score (nSPS) is 13.8. The van der Waals surface area contributed by atoms with Crippen molar-refractivity contribution < 1.29 is 9.59 Å². The molecule has 3 rings (SSSR count). The molecule has 0 atom stereocenters. The van der Waals surface area contributed by atoms with Crippen LogP contribution in [0.3, 0.4) is 0 Å². The number of amides is 2. The van der Waals surface area contributed by atoms with Crippen LogP contribution >= 0.6 is 0 Å². The smallest absolute Gasteiger partial charge is 0.243 e. The van der Waals surface area contributed by atoms with Gasteiger partial charge in [-0.3, -0.25) is 9.59 Å². The molecule has 4 heteroatoms. The highest BCUT2D eigenvalue weighted by molar-refractivity contribution is 5.94. The number of nitrogens with zero attached hydrogens (tertiary/aromatic N) is 1. The van der Waals surface area contributed by atoms with Gasteiger partial charge in [-0.2, -0.15) is 0 Å². The minimum atomic E-state index is -0.177. The molecule has 1 aliphatic rings. The molecule has 25 heavy (non-hydrogen) atoms. The van der Waals surface area contributed by atoms with Crippen molar-refractivity contribution >= 4 is 17.5 Å². The van der Waals surface area contributed by atoms with Crippen molar-refractivity contribution in [2.75, 3.05) is 18.4 Å². The van der Waals surface area contributed by atoms with E-state index in [4.69, 9.17) is 0 Å². The summed E-state index contributed by atoms with van der Waals surface area (Å²) in [6.07, 6.45) is 2.42. The van der Waals surface area contributed by atoms with Gasteiger partial charge in [0, 0.05) is 29.8 Å². The Kier molecular flexibility index (Phi) is 5.48. The number of anilines is 1. The zero-order valence-corrected chi connectivity index (χ0v) is 14.0. The largest absolute Gasteiger partial charge is 0.333 e. The molecule has 126 valence electrons. The monoisotopic (exact) mass is 332 g/mol. The molecule has 1 fully saturated rings. The average Bonchev–Trinajstić information content (AvgIpc) is 2.63. The second-order valence-corrected chi connectivity index (χ2v) is 6.02. The number of hydrogen-bond acceptors (Lipinski definition) is 2. The highest BCUT2D eigenvalue weighted by Crippen LogP contribution is 2.12. The number of benzene rings is 2. The molecule has 0 unspecified atom stereocenters. The summed E-state index contributed by atoms with van der Waals surface area (Å²) in [4.78, 5) is 25.6. The Morgan fingerprint density at radius 1 is 1.00 bits per heavy atom. The molecule has 4 nitrogen and oxygen atoms in total. The molecule has 0 spiro atoms. The first-order chi connectivity index (χ1) is 12.2. The maximum Gasteiger partial charge on any atom is 0.243 e. The Morgan fingerprint density at radius 3 is 2.56 bits per heavy atom. The van der Waals surface area contributed by atoms with Crippen LogP contribution in [-0.2, 0) is 9.59 Å². The van der Waals surface area contributed by atoms with E-state index in [9.17, 15) is 9.59 Å². The number of piperidine rings is 1.